The maximum absolute atomic E-state index is 12.4. The standard InChI is InChI=1S/C15H13N3O4S/c1-7-12-9(15(20)21-8(2)13(16)19)6-10(11-4-3-5-23-11)17-14(12)22-18-7/h3-6,8H,1-2H3,(H2,16,19)/t8-/m1/s1. The minimum Gasteiger partial charge on any atom is -0.449 e. The number of pyridine rings is 1. The van der Waals surface area contributed by atoms with E-state index in [0.717, 1.165) is 4.88 Å². The second-order valence-electron chi connectivity index (χ2n) is 4.93. The molecule has 1 atom stereocenters. The lowest BCUT2D eigenvalue weighted by Crippen LogP contribution is -2.30. The molecule has 7 nitrogen and oxygen atoms in total. The van der Waals surface area contributed by atoms with Gasteiger partial charge >= 0.3 is 5.97 Å². The third-order valence-corrected chi connectivity index (χ3v) is 4.19. The van der Waals surface area contributed by atoms with Crippen LogP contribution < -0.4 is 5.73 Å². The smallest absolute Gasteiger partial charge is 0.339 e. The van der Waals surface area contributed by atoms with Gasteiger partial charge in [0.05, 0.1) is 27.2 Å². The van der Waals surface area contributed by atoms with Crippen LogP contribution in [0.15, 0.2) is 28.1 Å². The van der Waals surface area contributed by atoms with E-state index in [0.29, 0.717) is 16.8 Å². The second kappa shape index (κ2) is 5.81. The molecule has 0 bridgehead atoms. The second-order valence-corrected chi connectivity index (χ2v) is 5.88. The normalized spacial score (nSPS) is 12.3. The SMILES string of the molecule is Cc1noc2nc(-c3cccs3)cc(C(=O)O[C@H](C)C(N)=O)c12. The summed E-state index contributed by atoms with van der Waals surface area (Å²) in [4.78, 5) is 28.8. The van der Waals surface area contributed by atoms with Crippen molar-refractivity contribution in [3.8, 4) is 10.6 Å². The first kappa shape index (κ1) is 15.2. The minimum absolute atomic E-state index is 0.241. The molecule has 0 saturated heterocycles. The Bertz CT molecular complexity index is 886. The fraction of sp³-hybridized carbons (Fsp3) is 0.200. The summed E-state index contributed by atoms with van der Waals surface area (Å²) in [5.41, 5.74) is 6.71. The number of rotatable bonds is 4. The van der Waals surface area contributed by atoms with Gasteiger partial charge in [-0.3, -0.25) is 4.79 Å². The molecular weight excluding hydrogens is 318 g/mol. The van der Waals surface area contributed by atoms with Crippen LogP contribution in [0.3, 0.4) is 0 Å². The summed E-state index contributed by atoms with van der Waals surface area (Å²) in [6.45, 7) is 3.12. The van der Waals surface area contributed by atoms with E-state index in [1.165, 1.54) is 18.3 Å². The average molecular weight is 331 g/mol. The number of carbonyl (C=O) groups is 2. The molecule has 8 heteroatoms. The Hall–Kier alpha value is -2.74. The number of nitrogens with two attached hydrogens (primary N) is 1. The van der Waals surface area contributed by atoms with Crippen LogP contribution in [0.5, 0.6) is 0 Å². The molecule has 3 aromatic heterocycles. The third-order valence-electron chi connectivity index (χ3n) is 3.30. The van der Waals surface area contributed by atoms with Gasteiger partial charge in [0.1, 0.15) is 0 Å². The Morgan fingerprint density at radius 1 is 1.43 bits per heavy atom. The lowest BCUT2D eigenvalue weighted by Gasteiger charge is -2.10. The van der Waals surface area contributed by atoms with E-state index in [9.17, 15) is 9.59 Å². The van der Waals surface area contributed by atoms with Crippen LogP contribution >= 0.6 is 11.3 Å². The van der Waals surface area contributed by atoms with Crippen LogP contribution in [0.4, 0.5) is 0 Å². The Labute approximate surface area is 135 Å². The van der Waals surface area contributed by atoms with E-state index in [1.54, 1.807) is 13.0 Å². The Morgan fingerprint density at radius 3 is 2.87 bits per heavy atom. The molecule has 0 aromatic carbocycles. The van der Waals surface area contributed by atoms with Gasteiger partial charge < -0.3 is 15.0 Å². The molecule has 3 rings (SSSR count). The van der Waals surface area contributed by atoms with Crippen molar-refractivity contribution in [3.05, 3.63) is 34.8 Å². The largest absolute Gasteiger partial charge is 0.449 e. The van der Waals surface area contributed by atoms with Crippen LogP contribution in [-0.2, 0) is 9.53 Å². The maximum Gasteiger partial charge on any atom is 0.339 e. The van der Waals surface area contributed by atoms with Crippen molar-refractivity contribution in [1.29, 1.82) is 0 Å². The molecule has 0 spiro atoms. The van der Waals surface area contributed by atoms with E-state index in [1.807, 2.05) is 17.5 Å². The molecule has 0 unspecified atom stereocenters. The van der Waals surface area contributed by atoms with Crippen molar-refractivity contribution in [2.75, 3.05) is 0 Å². The maximum atomic E-state index is 12.4. The Morgan fingerprint density at radius 2 is 2.22 bits per heavy atom. The van der Waals surface area contributed by atoms with Crippen molar-refractivity contribution in [3.63, 3.8) is 0 Å². The van der Waals surface area contributed by atoms with E-state index >= 15 is 0 Å². The van der Waals surface area contributed by atoms with Crippen molar-refractivity contribution in [1.82, 2.24) is 10.1 Å². The van der Waals surface area contributed by atoms with E-state index in [-0.39, 0.29) is 11.3 Å². The molecule has 0 fully saturated rings. The topological polar surface area (TPSA) is 108 Å². The van der Waals surface area contributed by atoms with Crippen LogP contribution in [0.1, 0.15) is 23.0 Å². The number of hydrogen-bond donors (Lipinski definition) is 1. The zero-order valence-electron chi connectivity index (χ0n) is 12.4. The number of ether oxygens (including phenoxy) is 1. The Balaban J connectivity index is 2.12. The van der Waals surface area contributed by atoms with Gasteiger partial charge in [0.2, 0.25) is 0 Å². The first-order chi connectivity index (χ1) is 11.0. The summed E-state index contributed by atoms with van der Waals surface area (Å²) >= 11 is 1.48. The van der Waals surface area contributed by atoms with Gasteiger partial charge in [-0.2, -0.15) is 0 Å². The van der Waals surface area contributed by atoms with E-state index in [4.69, 9.17) is 15.0 Å². The monoisotopic (exact) mass is 331 g/mol. The fourth-order valence-corrected chi connectivity index (χ4v) is 2.77. The van der Waals surface area contributed by atoms with Crippen molar-refractivity contribution in [2.24, 2.45) is 5.73 Å². The number of thiophene rings is 1. The van der Waals surface area contributed by atoms with Crippen molar-refractivity contribution in [2.45, 2.75) is 20.0 Å². The Kier molecular flexibility index (Phi) is 3.83. The van der Waals surface area contributed by atoms with Gasteiger partial charge in [0.15, 0.2) is 6.10 Å². The molecule has 0 saturated carbocycles. The molecule has 2 N–H and O–H groups in total. The first-order valence-corrected chi connectivity index (χ1v) is 7.66. The predicted octanol–water partition coefficient (Wildman–Crippen LogP) is 2.29. The molecule has 118 valence electrons. The highest BCUT2D eigenvalue weighted by molar-refractivity contribution is 7.13. The predicted molar refractivity (Wildman–Crippen MR) is 83.9 cm³/mol. The van der Waals surface area contributed by atoms with Gasteiger partial charge in [-0.05, 0) is 31.4 Å². The van der Waals surface area contributed by atoms with Crippen LogP contribution in [0.2, 0.25) is 0 Å². The van der Waals surface area contributed by atoms with Crippen molar-refractivity contribution < 1.29 is 18.8 Å². The number of carbonyl (C=O) groups excluding carboxylic acids is 2. The number of primary amides is 1. The third kappa shape index (κ3) is 2.80. The molecule has 3 heterocycles. The molecule has 23 heavy (non-hydrogen) atoms. The molecule has 0 aliphatic rings. The van der Waals surface area contributed by atoms with Gasteiger partial charge in [-0.25, -0.2) is 9.78 Å². The average Bonchev–Trinajstić information content (AvgIpc) is 3.16. The lowest BCUT2D eigenvalue weighted by atomic mass is 10.1. The molecule has 0 aliphatic carbocycles. The van der Waals surface area contributed by atoms with E-state index in [2.05, 4.69) is 10.1 Å². The molecular formula is C15H13N3O4S. The van der Waals surface area contributed by atoms with Gasteiger partial charge in [0, 0.05) is 0 Å². The molecule has 1 amide bonds. The summed E-state index contributed by atoms with van der Waals surface area (Å²) in [5.74, 6) is -1.39. The summed E-state index contributed by atoms with van der Waals surface area (Å²) in [6.07, 6.45) is -1.03. The minimum atomic E-state index is -1.03. The number of hydrogen-bond acceptors (Lipinski definition) is 7. The summed E-state index contributed by atoms with van der Waals surface area (Å²) in [5, 5.41) is 6.21. The zero-order valence-corrected chi connectivity index (χ0v) is 13.2. The van der Waals surface area contributed by atoms with Crippen molar-refractivity contribution >= 4 is 34.3 Å². The molecule has 3 aromatic rings. The first-order valence-electron chi connectivity index (χ1n) is 6.78. The highest BCUT2D eigenvalue weighted by atomic mass is 32.1. The van der Waals surface area contributed by atoms with Crippen LogP contribution in [-0.4, -0.2) is 28.1 Å². The van der Waals surface area contributed by atoms with Gasteiger partial charge in [-0.15, -0.1) is 11.3 Å². The number of fused-ring (bicyclic) bond motifs is 1. The summed E-state index contributed by atoms with van der Waals surface area (Å²) in [7, 11) is 0. The number of esters is 1. The summed E-state index contributed by atoms with van der Waals surface area (Å²) < 4.78 is 10.3. The van der Waals surface area contributed by atoms with Crippen LogP contribution in [0, 0.1) is 6.92 Å². The number of nitrogens with zero attached hydrogens (tertiary/aromatic N) is 2. The number of aryl methyl sites for hydroxylation is 1. The number of aromatic nitrogens is 2. The highest BCUT2D eigenvalue weighted by Gasteiger charge is 2.23. The fourth-order valence-electron chi connectivity index (χ4n) is 2.09. The van der Waals surface area contributed by atoms with E-state index < -0.39 is 18.0 Å². The van der Waals surface area contributed by atoms with Crippen LogP contribution in [0.25, 0.3) is 21.7 Å². The number of amides is 1. The zero-order chi connectivity index (χ0) is 16.6. The lowest BCUT2D eigenvalue weighted by molar-refractivity contribution is -0.125. The quantitative estimate of drug-likeness (QED) is 0.735. The molecule has 0 radical (unpaired) electrons. The summed E-state index contributed by atoms with van der Waals surface area (Å²) in [6, 6.07) is 5.36. The highest BCUT2D eigenvalue weighted by Crippen LogP contribution is 2.29. The van der Waals surface area contributed by atoms with Gasteiger partial charge in [0.25, 0.3) is 11.6 Å². The molecule has 0 aliphatic heterocycles. The van der Waals surface area contributed by atoms with Gasteiger partial charge in [-0.1, -0.05) is 11.2 Å².